The molecule has 0 aromatic carbocycles. The van der Waals surface area contributed by atoms with E-state index >= 15 is 0 Å². The molecule has 1 heterocycles. The average Bonchev–Trinajstić information content (AvgIpc) is 2.66. The van der Waals surface area contributed by atoms with Gasteiger partial charge in [0.05, 0.1) is 9.46 Å². The summed E-state index contributed by atoms with van der Waals surface area (Å²) < 4.78 is 0.398. The Kier molecular flexibility index (Phi) is 4.91. The Morgan fingerprint density at radius 1 is 1.54 bits per heavy atom. The first-order valence-electron chi connectivity index (χ1n) is 3.90. The molecule has 0 saturated heterocycles. The van der Waals surface area contributed by atoms with Gasteiger partial charge in [-0.05, 0) is 24.0 Å². The highest BCUT2D eigenvalue weighted by Crippen LogP contribution is 2.24. The zero-order valence-corrected chi connectivity index (χ0v) is 10.1. The van der Waals surface area contributed by atoms with Crippen molar-refractivity contribution in [2.75, 3.05) is 12.5 Å². The maximum absolute atomic E-state index is 11.6. The fourth-order valence-electron chi connectivity index (χ4n) is 0.952. The molecule has 1 nitrogen and oxygen atoms in total. The van der Waals surface area contributed by atoms with Crippen molar-refractivity contribution in [2.45, 2.75) is 11.0 Å². The van der Waals surface area contributed by atoms with Crippen molar-refractivity contribution < 1.29 is 4.79 Å². The molecule has 1 rings (SSSR count). The fraction of sp³-hybridized carbons (Fsp3) is 0.444. The van der Waals surface area contributed by atoms with Gasteiger partial charge >= 0.3 is 0 Å². The smallest absolute Gasteiger partial charge is 0.174 e. The van der Waals surface area contributed by atoms with Crippen LogP contribution in [0, 0.1) is 0 Å². The molecule has 1 aromatic heterocycles. The van der Waals surface area contributed by atoms with Crippen molar-refractivity contribution in [1.29, 1.82) is 0 Å². The van der Waals surface area contributed by atoms with E-state index < -0.39 is 0 Å². The summed E-state index contributed by atoms with van der Waals surface area (Å²) in [5.41, 5.74) is 0. The van der Waals surface area contributed by atoms with Crippen LogP contribution in [0.2, 0.25) is 0 Å². The van der Waals surface area contributed by atoms with Gasteiger partial charge in [0.25, 0.3) is 0 Å². The van der Waals surface area contributed by atoms with E-state index in [-0.39, 0.29) is 5.78 Å². The monoisotopic (exact) mass is 232 g/mol. The zero-order chi connectivity index (χ0) is 9.68. The topological polar surface area (TPSA) is 17.1 Å². The largest absolute Gasteiger partial charge is 0.293 e. The lowest BCUT2D eigenvalue weighted by Gasteiger charge is -2.08. The van der Waals surface area contributed by atoms with Gasteiger partial charge in [0, 0.05) is 6.42 Å². The van der Waals surface area contributed by atoms with Crippen molar-refractivity contribution in [3.05, 3.63) is 22.4 Å². The Labute approximate surface area is 91.3 Å². The Morgan fingerprint density at radius 2 is 2.23 bits per heavy atom. The molecular formula is C9H12OS3. The van der Waals surface area contributed by atoms with Gasteiger partial charge in [-0.25, -0.2) is 0 Å². The van der Waals surface area contributed by atoms with Crippen LogP contribution in [0.15, 0.2) is 17.5 Å². The van der Waals surface area contributed by atoms with Crippen LogP contribution in [0.1, 0.15) is 16.1 Å². The van der Waals surface area contributed by atoms with Gasteiger partial charge in [-0.1, -0.05) is 6.07 Å². The van der Waals surface area contributed by atoms with Gasteiger partial charge in [-0.15, -0.1) is 11.3 Å². The molecule has 0 fully saturated rings. The van der Waals surface area contributed by atoms with E-state index in [2.05, 4.69) is 0 Å². The van der Waals surface area contributed by atoms with E-state index in [0.717, 1.165) is 4.88 Å². The molecule has 0 radical (unpaired) electrons. The molecule has 1 aromatic rings. The summed E-state index contributed by atoms with van der Waals surface area (Å²) in [6, 6.07) is 3.82. The molecule has 0 atom stereocenters. The third-order valence-corrected chi connectivity index (χ3v) is 5.12. The van der Waals surface area contributed by atoms with Crippen LogP contribution in [0.3, 0.4) is 0 Å². The molecule has 13 heavy (non-hydrogen) atoms. The first-order valence-corrected chi connectivity index (χ1v) is 7.35. The third kappa shape index (κ3) is 3.37. The van der Waals surface area contributed by atoms with E-state index in [0.29, 0.717) is 11.0 Å². The highest BCUT2D eigenvalue weighted by Gasteiger charge is 2.13. The minimum absolute atomic E-state index is 0.267. The Bertz CT molecular complexity index is 252. The molecule has 0 aliphatic heterocycles. The van der Waals surface area contributed by atoms with Gasteiger partial charge in [0.2, 0.25) is 0 Å². The van der Waals surface area contributed by atoms with Crippen LogP contribution in [0.5, 0.6) is 0 Å². The molecular weight excluding hydrogens is 220 g/mol. The quantitative estimate of drug-likeness (QED) is 0.572. The lowest BCUT2D eigenvalue weighted by Crippen LogP contribution is -2.05. The summed E-state index contributed by atoms with van der Waals surface area (Å²) in [5, 5.41) is 1.94. The number of carbonyl (C=O) groups excluding carboxylic acids is 1. The number of thioether (sulfide) groups is 2. The maximum Gasteiger partial charge on any atom is 0.174 e. The van der Waals surface area contributed by atoms with Crippen molar-refractivity contribution in [3.63, 3.8) is 0 Å². The standard InChI is InChI=1S/C9H12OS3/c1-11-9(12-2)6-7(10)8-4-3-5-13-8/h3-5,9H,6H2,1-2H3. The predicted octanol–water partition coefficient (Wildman–Crippen LogP) is 3.37. The van der Waals surface area contributed by atoms with Crippen LogP contribution >= 0.6 is 34.9 Å². The second-order valence-corrected chi connectivity index (χ2v) is 5.83. The molecule has 0 spiro atoms. The average molecular weight is 232 g/mol. The number of rotatable bonds is 5. The van der Waals surface area contributed by atoms with E-state index in [1.165, 1.54) is 11.3 Å². The van der Waals surface area contributed by atoms with Crippen LogP contribution < -0.4 is 0 Å². The molecule has 0 bridgehead atoms. The first kappa shape index (κ1) is 11.1. The van der Waals surface area contributed by atoms with E-state index in [1.807, 2.05) is 30.0 Å². The summed E-state index contributed by atoms with van der Waals surface area (Å²) in [6.07, 6.45) is 4.73. The van der Waals surface area contributed by atoms with E-state index in [4.69, 9.17) is 0 Å². The first-order chi connectivity index (χ1) is 6.27. The van der Waals surface area contributed by atoms with E-state index in [9.17, 15) is 4.79 Å². The normalized spacial score (nSPS) is 10.7. The molecule has 0 N–H and O–H groups in total. The van der Waals surface area contributed by atoms with Gasteiger partial charge in [0.1, 0.15) is 0 Å². The fourth-order valence-corrected chi connectivity index (χ4v) is 3.03. The highest BCUT2D eigenvalue weighted by molar-refractivity contribution is 8.16. The molecule has 0 aliphatic carbocycles. The minimum Gasteiger partial charge on any atom is -0.293 e. The maximum atomic E-state index is 11.6. The summed E-state index contributed by atoms with van der Waals surface area (Å²) in [5.74, 6) is 0.267. The van der Waals surface area contributed by atoms with E-state index in [1.54, 1.807) is 23.5 Å². The number of thiophene rings is 1. The Morgan fingerprint density at radius 3 is 2.69 bits per heavy atom. The SMILES string of the molecule is CSC(CC(=O)c1cccs1)SC. The lowest BCUT2D eigenvalue weighted by atomic mass is 10.2. The van der Waals surface area contributed by atoms with Crippen molar-refractivity contribution in [2.24, 2.45) is 0 Å². The lowest BCUT2D eigenvalue weighted by molar-refractivity contribution is 0.0991. The van der Waals surface area contributed by atoms with Crippen LogP contribution in [-0.4, -0.2) is 22.9 Å². The van der Waals surface area contributed by atoms with Gasteiger partial charge < -0.3 is 0 Å². The van der Waals surface area contributed by atoms with Crippen molar-refractivity contribution >= 4 is 40.6 Å². The van der Waals surface area contributed by atoms with Crippen LogP contribution in [0.4, 0.5) is 0 Å². The molecule has 4 heteroatoms. The third-order valence-electron chi connectivity index (χ3n) is 1.67. The number of hydrogen-bond acceptors (Lipinski definition) is 4. The number of ketones is 1. The van der Waals surface area contributed by atoms with Gasteiger partial charge in [-0.3, -0.25) is 4.79 Å². The van der Waals surface area contributed by atoms with Gasteiger partial charge in [-0.2, -0.15) is 23.5 Å². The summed E-state index contributed by atoms with van der Waals surface area (Å²) in [6.45, 7) is 0. The summed E-state index contributed by atoms with van der Waals surface area (Å²) in [7, 11) is 0. The summed E-state index contributed by atoms with van der Waals surface area (Å²) >= 11 is 5.01. The van der Waals surface area contributed by atoms with Gasteiger partial charge in [0.15, 0.2) is 5.78 Å². The van der Waals surface area contributed by atoms with Crippen molar-refractivity contribution in [3.8, 4) is 0 Å². The number of carbonyl (C=O) groups is 1. The summed E-state index contributed by atoms with van der Waals surface area (Å²) in [4.78, 5) is 12.5. The zero-order valence-electron chi connectivity index (χ0n) is 7.65. The number of Topliss-reactive ketones (excluding diaryl/α,β-unsaturated/α-hetero) is 1. The Hall–Kier alpha value is 0.0700. The molecule has 72 valence electrons. The second kappa shape index (κ2) is 5.73. The molecule has 0 amide bonds. The molecule has 0 saturated carbocycles. The highest BCUT2D eigenvalue weighted by atomic mass is 32.2. The number of hydrogen-bond donors (Lipinski definition) is 0. The minimum atomic E-state index is 0.267. The van der Waals surface area contributed by atoms with Crippen LogP contribution in [-0.2, 0) is 0 Å². The van der Waals surface area contributed by atoms with Crippen molar-refractivity contribution in [1.82, 2.24) is 0 Å². The molecule has 0 unspecified atom stereocenters. The molecule has 0 aliphatic rings. The Balaban J connectivity index is 2.50. The van der Waals surface area contributed by atoms with Crippen LogP contribution in [0.25, 0.3) is 0 Å². The second-order valence-electron chi connectivity index (χ2n) is 2.51. The predicted molar refractivity (Wildman–Crippen MR) is 64.1 cm³/mol.